The summed E-state index contributed by atoms with van der Waals surface area (Å²) in [6, 6.07) is 13.6. The number of nitrogens with one attached hydrogen (secondary N) is 1. The summed E-state index contributed by atoms with van der Waals surface area (Å²) in [5, 5.41) is 6.42. The number of hydrogen-bond acceptors (Lipinski definition) is 1. The number of rotatable bonds is 3. The minimum absolute atomic E-state index is 0.621. The van der Waals surface area contributed by atoms with Gasteiger partial charge in [-0.3, -0.25) is 0 Å². The summed E-state index contributed by atoms with van der Waals surface area (Å²) < 4.78 is 1.17. The number of anilines is 1. The number of hydrogen-bond donors (Lipinski definition) is 1. The molecule has 0 amide bonds. The third kappa shape index (κ3) is 3.26. The van der Waals surface area contributed by atoms with Crippen LogP contribution >= 0.6 is 15.9 Å². The first-order chi connectivity index (χ1) is 10.1. The second-order valence-corrected chi connectivity index (χ2v) is 7.51. The molecule has 0 bridgehead atoms. The fourth-order valence-electron chi connectivity index (χ4n) is 3.57. The molecule has 0 aliphatic heterocycles. The molecule has 1 aliphatic rings. The molecule has 2 atom stereocenters. The van der Waals surface area contributed by atoms with Crippen molar-refractivity contribution in [2.24, 2.45) is 11.8 Å². The van der Waals surface area contributed by atoms with Crippen LogP contribution in [-0.2, 0) is 0 Å². The Morgan fingerprint density at radius 1 is 1.05 bits per heavy atom. The predicted molar refractivity (Wildman–Crippen MR) is 95.9 cm³/mol. The van der Waals surface area contributed by atoms with E-state index in [4.69, 9.17) is 0 Å². The van der Waals surface area contributed by atoms with Gasteiger partial charge in [0, 0.05) is 21.6 Å². The molecule has 0 radical (unpaired) electrons. The molecule has 2 aromatic rings. The predicted octanol–water partition coefficient (Wildman–Crippen LogP) is 6.23. The van der Waals surface area contributed by atoms with Gasteiger partial charge in [0.15, 0.2) is 0 Å². The van der Waals surface area contributed by atoms with Gasteiger partial charge in [-0.15, -0.1) is 0 Å². The van der Waals surface area contributed by atoms with E-state index in [2.05, 4.69) is 71.5 Å². The third-order valence-corrected chi connectivity index (χ3v) is 5.58. The van der Waals surface area contributed by atoms with Crippen molar-refractivity contribution in [1.29, 1.82) is 0 Å². The van der Waals surface area contributed by atoms with Crippen molar-refractivity contribution in [2.75, 3.05) is 5.32 Å². The van der Waals surface area contributed by atoms with E-state index >= 15 is 0 Å². The molecular weight excluding hydrogens is 322 g/mol. The number of halogens is 1. The molecule has 2 aromatic carbocycles. The van der Waals surface area contributed by atoms with E-state index in [1.54, 1.807) is 0 Å². The van der Waals surface area contributed by atoms with E-state index in [1.807, 2.05) is 0 Å². The summed E-state index contributed by atoms with van der Waals surface area (Å²) in [5.41, 5.74) is 1.28. The fourth-order valence-corrected chi connectivity index (χ4v) is 4.05. The van der Waals surface area contributed by atoms with Crippen molar-refractivity contribution in [3.63, 3.8) is 0 Å². The van der Waals surface area contributed by atoms with Gasteiger partial charge in [0.05, 0.1) is 0 Å². The molecule has 3 rings (SSSR count). The Hall–Kier alpha value is -1.02. The average molecular weight is 346 g/mol. The zero-order chi connectivity index (χ0) is 14.8. The molecule has 1 fully saturated rings. The van der Waals surface area contributed by atoms with Gasteiger partial charge in [-0.25, -0.2) is 0 Å². The summed E-state index contributed by atoms with van der Waals surface area (Å²) >= 11 is 3.66. The molecular formula is C19H24BrN. The van der Waals surface area contributed by atoms with Crippen LogP contribution in [0, 0.1) is 11.8 Å². The van der Waals surface area contributed by atoms with Gasteiger partial charge in [-0.2, -0.15) is 0 Å². The maximum absolute atomic E-state index is 3.82. The Kier molecular flexibility index (Phi) is 4.54. The lowest BCUT2D eigenvalue weighted by Gasteiger charge is -2.33. The zero-order valence-electron chi connectivity index (χ0n) is 12.9. The van der Waals surface area contributed by atoms with Gasteiger partial charge in [0.2, 0.25) is 0 Å². The lowest BCUT2D eigenvalue weighted by molar-refractivity contribution is 0.264. The monoisotopic (exact) mass is 345 g/mol. The molecule has 2 unspecified atom stereocenters. The van der Waals surface area contributed by atoms with Crippen LogP contribution in [0.15, 0.2) is 40.9 Å². The molecule has 0 saturated heterocycles. The molecule has 21 heavy (non-hydrogen) atoms. The molecule has 1 saturated carbocycles. The highest BCUT2D eigenvalue weighted by Gasteiger charge is 2.24. The van der Waals surface area contributed by atoms with E-state index in [0.29, 0.717) is 6.04 Å². The molecule has 0 spiro atoms. The zero-order valence-corrected chi connectivity index (χ0v) is 14.5. The molecule has 1 aliphatic carbocycles. The van der Waals surface area contributed by atoms with E-state index in [9.17, 15) is 0 Å². The summed E-state index contributed by atoms with van der Waals surface area (Å²) in [7, 11) is 0. The summed E-state index contributed by atoms with van der Waals surface area (Å²) in [6.45, 7) is 4.73. The van der Waals surface area contributed by atoms with Gasteiger partial charge in [0.25, 0.3) is 0 Å². The lowest BCUT2D eigenvalue weighted by atomic mass is 9.79. The number of benzene rings is 2. The molecule has 2 heteroatoms. The molecule has 0 aromatic heterocycles. The fraction of sp³-hybridized carbons (Fsp3) is 0.474. The van der Waals surface area contributed by atoms with Gasteiger partial charge in [-0.05, 0) is 42.2 Å². The maximum Gasteiger partial charge on any atom is 0.0422 e. The Morgan fingerprint density at radius 2 is 1.81 bits per heavy atom. The van der Waals surface area contributed by atoms with Crippen molar-refractivity contribution in [3.8, 4) is 0 Å². The Labute approximate surface area is 136 Å². The van der Waals surface area contributed by atoms with Crippen molar-refractivity contribution in [3.05, 3.63) is 40.9 Å². The highest BCUT2D eigenvalue weighted by molar-refractivity contribution is 9.10. The molecule has 1 N–H and O–H groups in total. The third-order valence-electron chi connectivity index (χ3n) is 4.89. The highest BCUT2D eigenvalue weighted by atomic mass is 79.9. The van der Waals surface area contributed by atoms with Gasteiger partial charge < -0.3 is 5.32 Å². The van der Waals surface area contributed by atoms with Gasteiger partial charge in [-0.1, -0.05) is 66.9 Å². The first-order valence-electron chi connectivity index (χ1n) is 8.09. The van der Waals surface area contributed by atoms with Crippen LogP contribution in [-0.4, -0.2) is 6.04 Å². The lowest BCUT2D eigenvalue weighted by Crippen LogP contribution is -2.29. The molecule has 0 heterocycles. The second kappa shape index (κ2) is 6.39. The van der Waals surface area contributed by atoms with E-state index < -0.39 is 0 Å². The standard InChI is InChI=1S/C19H24BrN/c1-13(2)14-6-5-7-15(12-14)21-19-11-10-18(20)16-8-3-4-9-17(16)19/h3-4,8-11,13-15,21H,5-7,12H2,1-2H3. The van der Waals surface area contributed by atoms with Crippen molar-refractivity contribution in [2.45, 2.75) is 45.6 Å². The maximum atomic E-state index is 3.82. The minimum atomic E-state index is 0.621. The van der Waals surface area contributed by atoms with Crippen LogP contribution in [0.1, 0.15) is 39.5 Å². The van der Waals surface area contributed by atoms with Gasteiger partial charge in [0.1, 0.15) is 0 Å². The summed E-state index contributed by atoms with van der Waals surface area (Å²) in [6.07, 6.45) is 5.36. The average Bonchev–Trinajstić information content (AvgIpc) is 2.51. The van der Waals surface area contributed by atoms with E-state index in [0.717, 1.165) is 11.8 Å². The smallest absolute Gasteiger partial charge is 0.0422 e. The quantitative estimate of drug-likeness (QED) is 0.695. The second-order valence-electron chi connectivity index (χ2n) is 6.65. The summed E-state index contributed by atoms with van der Waals surface area (Å²) in [4.78, 5) is 0. The molecule has 112 valence electrons. The topological polar surface area (TPSA) is 12.0 Å². The highest BCUT2D eigenvalue weighted by Crippen LogP contribution is 2.34. The Bertz CT molecular complexity index is 620. The van der Waals surface area contributed by atoms with Crippen molar-refractivity contribution in [1.82, 2.24) is 0 Å². The first-order valence-corrected chi connectivity index (χ1v) is 8.88. The first kappa shape index (κ1) is 14.9. The largest absolute Gasteiger partial charge is 0.382 e. The summed E-state index contributed by atoms with van der Waals surface area (Å²) in [5.74, 6) is 1.68. The van der Waals surface area contributed by atoms with Crippen LogP contribution in [0.5, 0.6) is 0 Å². The van der Waals surface area contributed by atoms with Crippen molar-refractivity contribution >= 4 is 32.4 Å². The van der Waals surface area contributed by atoms with Crippen LogP contribution in [0.2, 0.25) is 0 Å². The van der Waals surface area contributed by atoms with Gasteiger partial charge >= 0.3 is 0 Å². The van der Waals surface area contributed by atoms with Crippen LogP contribution in [0.4, 0.5) is 5.69 Å². The SMILES string of the molecule is CC(C)C1CCCC(Nc2ccc(Br)c3ccccc23)C1. The number of fused-ring (bicyclic) bond motifs is 1. The van der Waals surface area contributed by atoms with Crippen LogP contribution in [0.3, 0.4) is 0 Å². The Balaban J connectivity index is 1.83. The minimum Gasteiger partial charge on any atom is -0.382 e. The van der Waals surface area contributed by atoms with Crippen LogP contribution < -0.4 is 5.32 Å². The van der Waals surface area contributed by atoms with E-state index in [1.165, 1.54) is 46.6 Å². The normalized spacial score (nSPS) is 22.7. The van der Waals surface area contributed by atoms with Crippen molar-refractivity contribution < 1.29 is 0 Å². The van der Waals surface area contributed by atoms with Crippen LogP contribution in [0.25, 0.3) is 10.8 Å². The molecule has 1 nitrogen and oxygen atoms in total. The Morgan fingerprint density at radius 3 is 2.57 bits per heavy atom. The van der Waals surface area contributed by atoms with E-state index in [-0.39, 0.29) is 0 Å².